The number of nitrogens with one attached hydrogen (secondary N) is 2. The molecule has 0 aliphatic heterocycles. The maximum absolute atomic E-state index is 13.1. The van der Waals surface area contributed by atoms with Gasteiger partial charge in [-0.05, 0) is 62.4 Å². The number of phenols is 1. The first-order valence-electron chi connectivity index (χ1n) is 11.6. The summed E-state index contributed by atoms with van der Waals surface area (Å²) in [6.07, 6.45) is 5.00. The summed E-state index contributed by atoms with van der Waals surface area (Å²) in [4.78, 5) is 25.2. The van der Waals surface area contributed by atoms with E-state index in [2.05, 4.69) is 15.7 Å². The molecule has 0 spiro atoms. The van der Waals surface area contributed by atoms with E-state index in [0.29, 0.717) is 23.5 Å². The van der Waals surface area contributed by atoms with Crippen molar-refractivity contribution in [3.63, 3.8) is 0 Å². The van der Waals surface area contributed by atoms with Crippen LogP contribution in [0.5, 0.6) is 5.75 Å². The summed E-state index contributed by atoms with van der Waals surface area (Å²) in [6, 6.07) is 14.6. The first-order chi connectivity index (χ1) is 16.0. The monoisotopic (exact) mass is 444 g/mol. The van der Waals surface area contributed by atoms with Gasteiger partial charge in [-0.2, -0.15) is 9.78 Å². The average Bonchev–Trinajstić information content (AvgIpc) is 3.53. The number of nitrogens with zero attached hydrogens (tertiary/aromatic N) is 2. The van der Waals surface area contributed by atoms with Crippen LogP contribution in [0.15, 0.2) is 48.5 Å². The van der Waals surface area contributed by atoms with Crippen molar-refractivity contribution in [2.45, 2.75) is 51.5 Å². The van der Waals surface area contributed by atoms with Crippen molar-refractivity contribution in [2.24, 2.45) is 5.92 Å². The number of aryl methyl sites for hydroxylation is 1. The quantitative estimate of drug-likeness (QED) is 0.469. The lowest BCUT2D eigenvalue weighted by Crippen LogP contribution is -2.31. The third-order valence-corrected chi connectivity index (χ3v) is 6.47. The Morgan fingerprint density at radius 1 is 1.09 bits per heavy atom. The van der Waals surface area contributed by atoms with E-state index in [4.69, 9.17) is 0 Å². The van der Waals surface area contributed by atoms with Crippen molar-refractivity contribution >= 4 is 17.6 Å². The number of anilines is 1. The van der Waals surface area contributed by atoms with Crippen molar-refractivity contribution in [3.05, 3.63) is 65.4 Å². The molecular weight excluding hydrogens is 416 g/mol. The van der Waals surface area contributed by atoms with Crippen LogP contribution in [0.25, 0.3) is 11.3 Å². The zero-order valence-electron chi connectivity index (χ0n) is 18.7. The fourth-order valence-corrected chi connectivity index (χ4v) is 4.17. The molecule has 1 aromatic heterocycles. The van der Waals surface area contributed by atoms with E-state index in [1.807, 2.05) is 37.3 Å². The van der Waals surface area contributed by atoms with Gasteiger partial charge in [-0.1, -0.05) is 36.2 Å². The van der Waals surface area contributed by atoms with Crippen molar-refractivity contribution in [1.82, 2.24) is 15.1 Å². The smallest absolute Gasteiger partial charge is 0.342 e. The molecule has 3 N–H and O–H groups in total. The van der Waals surface area contributed by atoms with Crippen LogP contribution in [0, 0.1) is 12.8 Å². The molecule has 0 saturated heterocycles. The molecule has 2 aliphatic carbocycles. The van der Waals surface area contributed by atoms with Crippen molar-refractivity contribution < 1.29 is 14.7 Å². The molecule has 7 heteroatoms. The van der Waals surface area contributed by atoms with Crippen molar-refractivity contribution in [2.75, 3.05) is 5.32 Å². The van der Waals surface area contributed by atoms with Crippen LogP contribution >= 0.6 is 0 Å². The summed E-state index contributed by atoms with van der Waals surface area (Å²) < 4.78 is 1.43. The van der Waals surface area contributed by atoms with Gasteiger partial charge < -0.3 is 15.7 Å². The molecule has 2 fully saturated rings. The lowest BCUT2D eigenvalue weighted by molar-refractivity contribution is -0.117. The number of carbonyl (C=O) groups is 2. The molecule has 0 atom stereocenters. The van der Waals surface area contributed by atoms with Crippen LogP contribution in [0.1, 0.15) is 54.8 Å². The molecule has 3 aromatic rings. The number of aromatic hydroxyl groups is 1. The number of hydrogen-bond donors (Lipinski definition) is 3. The number of aromatic nitrogens is 2. The highest BCUT2D eigenvalue weighted by atomic mass is 16.3. The maximum atomic E-state index is 13.1. The highest BCUT2D eigenvalue weighted by Crippen LogP contribution is 2.39. The van der Waals surface area contributed by atoms with Gasteiger partial charge in [0.15, 0.2) is 0 Å². The highest BCUT2D eigenvalue weighted by molar-refractivity contribution is 5.95. The topological polar surface area (TPSA) is 96.3 Å². The molecule has 0 bridgehead atoms. The van der Waals surface area contributed by atoms with Crippen LogP contribution in [0.4, 0.5) is 10.5 Å². The van der Waals surface area contributed by atoms with Gasteiger partial charge >= 0.3 is 6.03 Å². The van der Waals surface area contributed by atoms with Crippen molar-refractivity contribution in [3.8, 4) is 17.0 Å². The van der Waals surface area contributed by atoms with Gasteiger partial charge in [0.05, 0.1) is 11.4 Å². The molecule has 7 nitrogen and oxygen atoms in total. The summed E-state index contributed by atoms with van der Waals surface area (Å²) in [7, 11) is 0. The van der Waals surface area contributed by atoms with Gasteiger partial charge in [0.25, 0.3) is 0 Å². The Labute approximate surface area is 192 Å². The first kappa shape index (κ1) is 21.2. The largest absolute Gasteiger partial charge is 0.507 e. The summed E-state index contributed by atoms with van der Waals surface area (Å²) in [5, 5.41) is 21.0. The zero-order chi connectivity index (χ0) is 22.9. The summed E-state index contributed by atoms with van der Waals surface area (Å²) in [5.41, 5.74) is 4.64. The van der Waals surface area contributed by atoms with Crippen LogP contribution in [-0.4, -0.2) is 26.8 Å². The van der Waals surface area contributed by atoms with Crippen LogP contribution in [0.3, 0.4) is 0 Å². The van der Waals surface area contributed by atoms with Crippen LogP contribution in [-0.2, 0) is 11.3 Å². The Morgan fingerprint density at radius 2 is 1.91 bits per heavy atom. The molecule has 0 radical (unpaired) electrons. The predicted octanol–water partition coefficient (Wildman–Crippen LogP) is 4.94. The minimum absolute atomic E-state index is 0.00264. The number of rotatable bonds is 6. The van der Waals surface area contributed by atoms with E-state index in [-0.39, 0.29) is 29.5 Å². The van der Waals surface area contributed by atoms with E-state index in [1.165, 1.54) is 4.68 Å². The van der Waals surface area contributed by atoms with E-state index in [0.717, 1.165) is 48.9 Å². The van der Waals surface area contributed by atoms with Crippen LogP contribution < -0.4 is 10.6 Å². The molecule has 170 valence electrons. The van der Waals surface area contributed by atoms with E-state index in [9.17, 15) is 14.7 Å². The molecular formula is C26H28N4O3. The molecule has 5 rings (SSSR count). The number of carbonyl (C=O) groups excluding carboxylic acids is 2. The minimum Gasteiger partial charge on any atom is -0.507 e. The number of hydrogen-bond acceptors (Lipinski definition) is 4. The Morgan fingerprint density at radius 3 is 2.61 bits per heavy atom. The van der Waals surface area contributed by atoms with Crippen molar-refractivity contribution in [1.29, 1.82) is 0 Å². The molecule has 2 aromatic carbocycles. The molecule has 2 amide bonds. The van der Waals surface area contributed by atoms with Gasteiger partial charge in [-0.25, -0.2) is 4.79 Å². The Balaban J connectivity index is 1.41. The van der Waals surface area contributed by atoms with E-state index >= 15 is 0 Å². The van der Waals surface area contributed by atoms with Gasteiger partial charge in [0.2, 0.25) is 5.91 Å². The lowest BCUT2D eigenvalue weighted by atomic mass is 9.82. The molecule has 2 saturated carbocycles. The second-order valence-corrected chi connectivity index (χ2v) is 9.14. The van der Waals surface area contributed by atoms with E-state index < -0.39 is 0 Å². The number of phenolic OH excluding ortho intramolecular Hbond substituents is 1. The molecule has 2 aliphatic rings. The first-order valence-corrected chi connectivity index (χ1v) is 11.6. The van der Waals surface area contributed by atoms with Gasteiger partial charge in [-0.3, -0.25) is 4.79 Å². The van der Waals surface area contributed by atoms with Gasteiger partial charge in [0.1, 0.15) is 5.75 Å². The molecule has 1 heterocycles. The van der Waals surface area contributed by atoms with Gasteiger partial charge in [-0.15, -0.1) is 0 Å². The SMILES string of the molecule is Cc1cccc(CNC(=O)n2nc(-c3cc(NC(=O)C4CC4)ccc3O)cc2C2CCC2)c1. The molecule has 0 unspecified atom stereocenters. The number of amides is 2. The normalized spacial score (nSPS) is 15.7. The summed E-state index contributed by atoms with van der Waals surface area (Å²) >= 11 is 0. The second-order valence-electron chi connectivity index (χ2n) is 9.14. The Hall–Kier alpha value is -3.61. The lowest BCUT2D eigenvalue weighted by Gasteiger charge is -2.25. The van der Waals surface area contributed by atoms with E-state index in [1.54, 1.807) is 18.2 Å². The fraction of sp³-hybridized carbons (Fsp3) is 0.346. The second kappa shape index (κ2) is 8.73. The third kappa shape index (κ3) is 4.62. The maximum Gasteiger partial charge on any atom is 0.342 e. The summed E-state index contributed by atoms with van der Waals surface area (Å²) in [6.45, 7) is 2.43. The van der Waals surface area contributed by atoms with Crippen LogP contribution in [0.2, 0.25) is 0 Å². The predicted molar refractivity (Wildman–Crippen MR) is 126 cm³/mol. The third-order valence-electron chi connectivity index (χ3n) is 6.47. The Kier molecular flexibility index (Phi) is 5.62. The number of benzene rings is 2. The Bertz CT molecular complexity index is 1210. The minimum atomic E-state index is -0.290. The molecule has 33 heavy (non-hydrogen) atoms. The van der Waals surface area contributed by atoms with Gasteiger partial charge in [0, 0.05) is 29.6 Å². The summed E-state index contributed by atoms with van der Waals surface area (Å²) in [5.74, 6) is 0.423. The fourth-order valence-electron chi connectivity index (χ4n) is 4.17. The standard InChI is InChI=1S/C26H28N4O3/c1-16-4-2-5-17(12-16)15-27-26(33)30-23(18-6-3-7-18)14-22(29-30)21-13-20(10-11-24(21)31)28-25(32)19-8-9-19/h2,4-5,10-14,18-19,31H,3,6-9,15H2,1H3,(H,27,33)(H,28,32). The zero-order valence-corrected chi connectivity index (χ0v) is 18.7. The average molecular weight is 445 g/mol. The highest BCUT2D eigenvalue weighted by Gasteiger charge is 2.30.